The molecule has 0 saturated heterocycles. The molecule has 0 atom stereocenters. The van der Waals surface area contributed by atoms with Crippen LogP contribution >= 0.6 is 0 Å². The summed E-state index contributed by atoms with van der Waals surface area (Å²) in [7, 11) is -0.670. The number of hydrogen-bond donors (Lipinski definition) is 1. The summed E-state index contributed by atoms with van der Waals surface area (Å²) < 4.78 is 25.5. The molecule has 1 amide bonds. The second-order valence-corrected chi connectivity index (χ2v) is 7.98. The van der Waals surface area contributed by atoms with Crippen LogP contribution in [0, 0.1) is 0 Å². The first-order chi connectivity index (χ1) is 11.9. The molecule has 0 spiro atoms. The molecule has 0 heterocycles. The van der Waals surface area contributed by atoms with Crippen LogP contribution in [0.5, 0.6) is 0 Å². The van der Waals surface area contributed by atoms with E-state index < -0.39 is 10.0 Å². The predicted octanol–water partition coefficient (Wildman–Crippen LogP) is 3.34. The Hall–Kier alpha value is -2.70. The van der Waals surface area contributed by atoms with Gasteiger partial charge in [-0.05, 0) is 41.1 Å². The van der Waals surface area contributed by atoms with Gasteiger partial charge in [-0.1, -0.05) is 36.4 Å². The van der Waals surface area contributed by atoms with E-state index in [1.54, 1.807) is 12.1 Å². The van der Waals surface area contributed by atoms with Crippen LogP contribution in [0.25, 0.3) is 10.8 Å². The summed E-state index contributed by atoms with van der Waals surface area (Å²) in [4.78, 5) is 12.6. The van der Waals surface area contributed by atoms with Gasteiger partial charge >= 0.3 is 0 Å². The van der Waals surface area contributed by atoms with Crippen LogP contribution in [0.4, 0.5) is 5.69 Å². The molecule has 128 valence electrons. The largest absolute Gasteiger partial charge is 0.322 e. The van der Waals surface area contributed by atoms with Crippen molar-refractivity contribution in [2.75, 3.05) is 19.4 Å². The molecular formula is C19H18N2O3S. The molecule has 6 heteroatoms. The molecule has 0 aromatic heterocycles. The van der Waals surface area contributed by atoms with Gasteiger partial charge in [-0.15, -0.1) is 0 Å². The topological polar surface area (TPSA) is 66.5 Å². The number of carbonyl (C=O) groups is 1. The smallest absolute Gasteiger partial charge is 0.255 e. The summed E-state index contributed by atoms with van der Waals surface area (Å²) >= 11 is 0. The maximum atomic E-state index is 12.5. The van der Waals surface area contributed by atoms with Gasteiger partial charge in [-0.3, -0.25) is 4.79 Å². The highest BCUT2D eigenvalue weighted by Gasteiger charge is 2.18. The number of hydrogen-bond acceptors (Lipinski definition) is 3. The van der Waals surface area contributed by atoms with Gasteiger partial charge in [0.2, 0.25) is 10.0 Å². The van der Waals surface area contributed by atoms with Crippen molar-refractivity contribution in [3.05, 3.63) is 72.3 Å². The molecule has 0 radical (unpaired) electrons. The number of amides is 1. The Labute approximate surface area is 146 Å². The molecule has 3 rings (SSSR count). The van der Waals surface area contributed by atoms with Gasteiger partial charge in [-0.25, -0.2) is 12.7 Å². The van der Waals surface area contributed by atoms with E-state index in [9.17, 15) is 13.2 Å². The molecule has 25 heavy (non-hydrogen) atoms. The molecule has 0 fully saturated rings. The van der Waals surface area contributed by atoms with E-state index in [1.165, 1.54) is 26.2 Å². The van der Waals surface area contributed by atoms with E-state index in [4.69, 9.17) is 0 Å². The van der Waals surface area contributed by atoms with Crippen LogP contribution < -0.4 is 5.32 Å². The number of nitrogens with zero attached hydrogens (tertiary/aromatic N) is 1. The van der Waals surface area contributed by atoms with E-state index in [0.29, 0.717) is 5.69 Å². The van der Waals surface area contributed by atoms with Crippen molar-refractivity contribution in [3.63, 3.8) is 0 Å². The lowest BCUT2D eigenvalue weighted by atomic mass is 10.1. The molecule has 0 bridgehead atoms. The summed E-state index contributed by atoms with van der Waals surface area (Å²) in [6, 6.07) is 19.5. The van der Waals surface area contributed by atoms with Crippen molar-refractivity contribution >= 4 is 32.4 Å². The Kier molecular flexibility index (Phi) is 4.57. The summed E-state index contributed by atoms with van der Waals surface area (Å²) in [5.41, 5.74) is 0.945. The number of sulfonamides is 1. The number of nitrogens with one attached hydrogen (secondary N) is 1. The molecule has 5 nitrogen and oxygen atoms in total. The van der Waals surface area contributed by atoms with E-state index >= 15 is 0 Å². The Morgan fingerprint density at radius 1 is 0.880 bits per heavy atom. The first-order valence-corrected chi connectivity index (χ1v) is 9.15. The average molecular weight is 354 g/mol. The van der Waals surface area contributed by atoms with Gasteiger partial charge in [0, 0.05) is 25.3 Å². The van der Waals surface area contributed by atoms with Gasteiger partial charge in [0.15, 0.2) is 0 Å². The lowest BCUT2D eigenvalue weighted by molar-refractivity contribution is 0.102. The quantitative estimate of drug-likeness (QED) is 0.781. The normalized spacial score (nSPS) is 11.6. The third-order valence-electron chi connectivity index (χ3n) is 3.88. The number of rotatable bonds is 4. The molecule has 0 aliphatic rings. The summed E-state index contributed by atoms with van der Waals surface area (Å²) in [6.07, 6.45) is 0. The lowest BCUT2D eigenvalue weighted by Crippen LogP contribution is -2.22. The number of fused-ring (bicyclic) bond motifs is 1. The Morgan fingerprint density at radius 2 is 1.60 bits per heavy atom. The molecule has 3 aromatic carbocycles. The lowest BCUT2D eigenvalue weighted by Gasteiger charge is -2.12. The van der Waals surface area contributed by atoms with E-state index in [0.717, 1.165) is 15.1 Å². The van der Waals surface area contributed by atoms with Crippen LogP contribution in [-0.4, -0.2) is 32.7 Å². The predicted molar refractivity (Wildman–Crippen MR) is 99.2 cm³/mol. The number of anilines is 1. The molecular weight excluding hydrogens is 336 g/mol. The monoisotopic (exact) mass is 354 g/mol. The zero-order valence-electron chi connectivity index (χ0n) is 13.9. The average Bonchev–Trinajstić information content (AvgIpc) is 2.61. The first kappa shape index (κ1) is 17.1. The van der Waals surface area contributed by atoms with Crippen LogP contribution in [0.15, 0.2) is 71.6 Å². The van der Waals surface area contributed by atoms with Crippen molar-refractivity contribution in [2.24, 2.45) is 0 Å². The Morgan fingerprint density at radius 3 is 2.32 bits per heavy atom. The fraction of sp³-hybridized carbons (Fsp3) is 0.105. The second kappa shape index (κ2) is 6.66. The zero-order valence-corrected chi connectivity index (χ0v) is 14.7. The van der Waals surface area contributed by atoms with Crippen molar-refractivity contribution in [3.8, 4) is 0 Å². The fourth-order valence-electron chi connectivity index (χ4n) is 2.48. The van der Waals surface area contributed by atoms with E-state index in [-0.39, 0.29) is 16.4 Å². The van der Waals surface area contributed by atoms with Crippen molar-refractivity contribution < 1.29 is 13.2 Å². The van der Waals surface area contributed by atoms with Gasteiger partial charge < -0.3 is 5.32 Å². The van der Waals surface area contributed by atoms with Gasteiger partial charge in [0.1, 0.15) is 0 Å². The molecule has 1 N–H and O–H groups in total. The number of carbonyl (C=O) groups excluding carboxylic acids is 1. The fourth-order valence-corrected chi connectivity index (χ4v) is 3.43. The van der Waals surface area contributed by atoms with E-state index in [1.807, 2.05) is 42.5 Å². The minimum absolute atomic E-state index is 0.0867. The van der Waals surface area contributed by atoms with Crippen LogP contribution in [0.2, 0.25) is 0 Å². The first-order valence-electron chi connectivity index (χ1n) is 7.71. The highest BCUT2D eigenvalue weighted by Crippen LogP contribution is 2.20. The molecule has 0 aliphatic carbocycles. The van der Waals surface area contributed by atoms with Gasteiger partial charge in [0.05, 0.1) is 4.90 Å². The maximum absolute atomic E-state index is 12.5. The minimum Gasteiger partial charge on any atom is -0.322 e. The molecule has 0 unspecified atom stereocenters. The van der Waals surface area contributed by atoms with Crippen molar-refractivity contribution in [1.82, 2.24) is 4.31 Å². The third kappa shape index (κ3) is 3.55. The SMILES string of the molecule is CN(C)S(=O)(=O)c1cccc(C(=O)Nc2ccc3ccccc3c2)c1. The van der Waals surface area contributed by atoms with Crippen LogP contribution in [-0.2, 0) is 10.0 Å². The third-order valence-corrected chi connectivity index (χ3v) is 5.69. The van der Waals surface area contributed by atoms with Crippen molar-refractivity contribution in [2.45, 2.75) is 4.90 Å². The maximum Gasteiger partial charge on any atom is 0.255 e. The van der Waals surface area contributed by atoms with Gasteiger partial charge in [0.25, 0.3) is 5.91 Å². The standard InChI is InChI=1S/C19H18N2O3S/c1-21(2)25(23,24)18-9-5-8-16(13-18)19(22)20-17-11-10-14-6-3-4-7-15(14)12-17/h3-13H,1-2H3,(H,20,22). The Balaban J connectivity index is 1.88. The minimum atomic E-state index is -3.58. The number of benzene rings is 3. The van der Waals surface area contributed by atoms with E-state index in [2.05, 4.69) is 5.32 Å². The summed E-state index contributed by atoms with van der Waals surface area (Å²) in [6.45, 7) is 0. The van der Waals surface area contributed by atoms with Crippen LogP contribution in [0.1, 0.15) is 10.4 Å². The molecule has 0 aliphatic heterocycles. The molecule has 3 aromatic rings. The highest BCUT2D eigenvalue weighted by molar-refractivity contribution is 7.89. The molecule has 0 saturated carbocycles. The van der Waals surface area contributed by atoms with Gasteiger partial charge in [-0.2, -0.15) is 0 Å². The summed E-state index contributed by atoms with van der Waals surface area (Å²) in [5, 5.41) is 4.91. The Bertz CT molecular complexity index is 1040. The van der Waals surface area contributed by atoms with Crippen LogP contribution in [0.3, 0.4) is 0 Å². The summed E-state index contributed by atoms with van der Waals surface area (Å²) in [5.74, 6) is -0.355. The zero-order chi connectivity index (χ0) is 18.0. The highest BCUT2D eigenvalue weighted by atomic mass is 32.2. The van der Waals surface area contributed by atoms with Crippen molar-refractivity contribution in [1.29, 1.82) is 0 Å². The second-order valence-electron chi connectivity index (χ2n) is 5.83.